The minimum absolute atomic E-state index is 0.0145. The normalized spacial score (nSPS) is 10.3. The number of benzene rings is 2. The molecular weight excluding hydrogens is 359 g/mol. The maximum atomic E-state index is 11.8. The Kier molecular flexibility index (Phi) is 5.99. The van der Waals surface area contributed by atoms with Gasteiger partial charge in [-0.15, -0.1) is 0 Å². The van der Waals surface area contributed by atoms with Crippen molar-refractivity contribution < 1.29 is 9.53 Å². The second-order valence-corrected chi connectivity index (χ2v) is 6.20. The van der Waals surface area contributed by atoms with E-state index in [1.165, 1.54) is 0 Å². The van der Waals surface area contributed by atoms with Crippen molar-refractivity contribution in [2.24, 2.45) is 0 Å². The third kappa shape index (κ3) is 5.20. The van der Waals surface area contributed by atoms with Gasteiger partial charge in [-0.2, -0.15) is 0 Å². The summed E-state index contributed by atoms with van der Waals surface area (Å²) in [5, 5.41) is 6.79. The molecule has 0 aliphatic heterocycles. The van der Waals surface area contributed by atoms with Crippen LogP contribution in [-0.2, 0) is 0 Å². The van der Waals surface area contributed by atoms with Crippen LogP contribution in [0.15, 0.2) is 30.3 Å². The van der Waals surface area contributed by atoms with Crippen LogP contribution in [0.25, 0.3) is 0 Å². The lowest BCUT2D eigenvalue weighted by molar-refractivity contribution is 0.234. The number of carbonyl (C=O) groups is 1. The second kappa shape index (κ2) is 7.77. The number of nitrogens with one attached hydrogen (secondary N) is 2. The molecule has 0 saturated heterocycles. The van der Waals surface area contributed by atoms with Crippen molar-refractivity contribution in [2.45, 2.75) is 13.8 Å². The van der Waals surface area contributed by atoms with Crippen molar-refractivity contribution in [3.8, 4) is 5.75 Å². The van der Waals surface area contributed by atoms with Crippen LogP contribution in [0.3, 0.4) is 0 Å². The number of amides is 2. The van der Waals surface area contributed by atoms with Crippen LogP contribution in [0, 0.1) is 13.8 Å². The fourth-order valence-electron chi connectivity index (χ4n) is 1.98. The van der Waals surface area contributed by atoms with Crippen LogP contribution in [0.4, 0.5) is 10.5 Å². The van der Waals surface area contributed by atoms with Gasteiger partial charge in [-0.05, 0) is 55.3 Å². The Bertz CT molecular complexity index is 692. The third-order valence-corrected chi connectivity index (χ3v) is 4.03. The van der Waals surface area contributed by atoms with Crippen LogP contribution >= 0.6 is 34.8 Å². The Morgan fingerprint density at radius 2 is 1.57 bits per heavy atom. The highest BCUT2D eigenvalue weighted by Crippen LogP contribution is 2.25. The summed E-state index contributed by atoms with van der Waals surface area (Å²) in [6.07, 6.45) is 0. The number of hydrogen-bond donors (Lipinski definition) is 2. The Morgan fingerprint density at radius 1 is 1.00 bits per heavy atom. The second-order valence-electron chi connectivity index (χ2n) is 4.95. The average molecular weight is 374 g/mol. The average Bonchev–Trinajstić information content (AvgIpc) is 2.43. The van der Waals surface area contributed by atoms with E-state index in [1.807, 2.05) is 26.0 Å². The molecule has 0 aliphatic carbocycles. The lowest BCUT2D eigenvalue weighted by atomic mass is 10.1. The predicted octanol–water partition coefficient (Wildman–Crippen LogP) is 5.42. The lowest BCUT2D eigenvalue weighted by Gasteiger charge is -2.12. The maximum absolute atomic E-state index is 11.8. The van der Waals surface area contributed by atoms with Gasteiger partial charge in [0.05, 0.1) is 0 Å². The van der Waals surface area contributed by atoms with Gasteiger partial charge in [0.15, 0.2) is 6.73 Å². The van der Waals surface area contributed by atoms with E-state index in [0.29, 0.717) is 26.5 Å². The van der Waals surface area contributed by atoms with Gasteiger partial charge in [-0.25, -0.2) is 4.79 Å². The van der Waals surface area contributed by atoms with Crippen LogP contribution in [-0.4, -0.2) is 12.8 Å². The summed E-state index contributed by atoms with van der Waals surface area (Å²) in [5.74, 6) is 0.635. The first kappa shape index (κ1) is 17.7. The molecule has 0 bridgehead atoms. The smallest absolute Gasteiger partial charge is 0.321 e. The van der Waals surface area contributed by atoms with Gasteiger partial charge < -0.3 is 15.4 Å². The van der Waals surface area contributed by atoms with E-state index in [4.69, 9.17) is 39.5 Å². The van der Waals surface area contributed by atoms with Gasteiger partial charge in [-0.3, -0.25) is 0 Å². The number of halogens is 3. The number of hydrogen-bond acceptors (Lipinski definition) is 2. The van der Waals surface area contributed by atoms with E-state index in [1.54, 1.807) is 18.2 Å². The van der Waals surface area contributed by atoms with Gasteiger partial charge >= 0.3 is 6.03 Å². The zero-order chi connectivity index (χ0) is 17.0. The first-order valence-electron chi connectivity index (χ1n) is 6.75. The van der Waals surface area contributed by atoms with E-state index in [2.05, 4.69) is 10.6 Å². The first-order chi connectivity index (χ1) is 10.8. The minimum Gasteiger partial charge on any atom is -0.473 e. The van der Waals surface area contributed by atoms with E-state index >= 15 is 0 Å². The summed E-state index contributed by atoms with van der Waals surface area (Å²) in [4.78, 5) is 11.8. The number of ether oxygens (including phenoxy) is 1. The molecule has 2 amide bonds. The summed E-state index contributed by atoms with van der Waals surface area (Å²) < 4.78 is 5.50. The number of carbonyl (C=O) groups excluding carboxylic acids is 1. The van der Waals surface area contributed by atoms with E-state index in [-0.39, 0.29) is 6.73 Å². The SMILES string of the molecule is Cc1cc(OCNC(=O)Nc2cc(Cl)cc(Cl)c2)cc(C)c1Cl. The quantitative estimate of drug-likeness (QED) is 0.703. The summed E-state index contributed by atoms with van der Waals surface area (Å²) in [6, 6.07) is 7.97. The molecule has 0 aromatic heterocycles. The first-order valence-corrected chi connectivity index (χ1v) is 7.89. The van der Waals surface area contributed by atoms with Crippen LogP contribution in [0.2, 0.25) is 15.1 Å². The van der Waals surface area contributed by atoms with Crippen LogP contribution < -0.4 is 15.4 Å². The Labute approximate surface area is 149 Å². The van der Waals surface area contributed by atoms with Gasteiger partial charge in [0.2, 0.25) is 0 Å². The van der Waals surface area contributed by atoms with Crippen molar-refractivity contribution in [1.82, 2.24) is 5.32 Å². The molecule has 0 saturated carbocycles. The van der Waals surface area contributed by atoms with Crippen molar-refractivity contribution in [3.63, 3.8) is 0 Å². The van der Waals surface area contributed by atoms with E-state index in [9.17, 15) is 4.79 Å². The Morgan fingerprint density at radius 3 is 2.13 bits per heavy atom. The van der Waals surface area contributed by atoms with Gasteiger partial charge in [0, 0.05) is 20.8 Å². The fourth-order valence-corrected chi connectivity index (χ4v) is 2.61. The number of urea groups is 1. The lowest BCUT2D eigenvalue weighted by Crippen LogP contribution is -2.32. The van der Waals surface area contributed by atoms with Crippen molar-refractivity contribution in [2.75, 3.05) is 12.0 Å². The van der Waals surface area contributed by atoms with Crippen LogP contribution in [0.5, 0.6) is 5.75 Å². The molecule has 2 aromatic rings. The highest BCUT2D eigenvalue weighted by molar-refractivity contribution is 6.35. The molecule has 23 heavy (non-hydrogen) atoms. The van der Waals surface area contributed by atoms with Crippen LogP contribution in [0.1, 0.15) is 11.1 Å². The zero-order valence-corrected chi connectivity index (χ0v) is 14.8. The summed E-state index contributed by atoms with van der Waals surface area (Å²) >= 11 is 17.8. The molecule has 4 nitrogen and oxygen atoms in total. The number of rotatable bonds is 4. The molecule has 7 heteroatoms. The number of aryl methyl sites for hydroxylation is 2. The molecule has 0 atom stereocenters. The van der Waals surface area contributed by atoms with E-state index < -0.39 is 6.03 Å². The maximum Gasteiger partial charge on any atom is 0.321 e. The van der Waals surface area contributed by atoms with Crippen molar-refractivity contribution in [3.05, 3.63) is 56.5 Å². The molecule has 0 unspecified atom stereocenters. The standard InChI is InChI=1S/C16H15Cl3N2O2/c1-9-3-14(4-10(2)15(9)19)23-8-20-16(22)21-13-6-11(17)5-12(18)7-13/h3-7H,8H2,1-2H3,(H2,20,21,22). The zero-order valence-electron chi connectivity index (χ0n) is 12.5. The third-order valence-electron chi connectivity index (χ3n) is 3.00. The van der Waals surface area contributed by atoms with Gasteiger partial charge in [-0.1, -0.05) is 34.8 Å². The number of anilines is 1. The van der Waals surface area contributed by atoms with Crippen molar-refractivity contribution >= 4 is 46.5 Å². The highest BCUT2D eigenvalue weighted by Gasteiger charge is 2.06. The molecule has 0 spiro atoms. The fraction of sp³-hybridized carbons (Fsp3) is 0.188. The molecule has 0 radical (unpaired) electrons. The predicted molar refractivity (Wildman–Crippen MR) is 95.0 cm³/mol. The molecule has 0 fully saturated rings. The molecule has 2 rings (SSSR count). The van der Waals surface area contributed by atoms with Crippen molar-refractivity contribution in [1.29, 1.82) is 0 Å². The highest BCUT2D eigenvalue weighted by atomic mass is 35.5. The summed E-state index contributed by atoms with van der Waals surface area (Å²) in [7, 11) is 0. The minimum atomic E-state index is -0.425. The monoisotopic (exact) mass is 372 g/mol. The summed E-state index contributed by atoms with van der Waals surface area (Å²) in [5.41, 5.74) is 2.33. The molecular formula is C16H15Cl3N2O2. The molecule has 0 aliphatic rings. The van der Waals surface area contributed by atoms with Gasteiger partial charge in [0.25, 0.3) is 0 Å². The van der Waals surface area contributed by atoms with Gasteiger partial charge in [0.1, 0.15) is 5.75 Å². The van der Waals surface area contributed by atoms with E-state index in [0.717, 1.165) is 11.1 Å². The largest absolute Gasteiger partial charge is 0.473 e. The molecule has 0 heterocycles. The summed E-state index contributed by atoms with van der Waals surface area (Å²) in [6.45, 7) is 3.80. The Hall–Kier alpha value is -1.62. The molecule has 122 valence electrons. The topological polar surface area (TPSA) is 50.4 Å². The Balaban J connectivity index is 1.87. The molecule has 2 N–H and O–H groups in total. The molecule has 2 aromatic carbocycles.